The molecule has 0 rings (SSSR count). The number of quaternary nitrogens is 1. The lowest BCUT2D eigenvalue weighted by Crippen LogP contribution is -2.37. The maximum Gasteiger partial charge on any atom is 0.306 e. The van der Waals surface area contributed by atoms with Crippen LogP contribution >= 0.6 is 7.82 Å². The Balaban J connectivity index is 3.89. The molecule has 10 heteroatoms. The van der Waals surface area contributed by atoms with Gasteiger partial charge >= 0.3 is 11.9 Å². The van der Waals surface area contributed by atoms with Gasteiger partial charge in [0.05, 0.1) is 27.7 Å². The third-order valence-electron chi connectivity index (χ3n) is 18.5. The largest absolute Gasteiger partial charge is 0.756 e. The SMILES string of the molecule is CCCCCCC/C=C\C/C=C\C/C=C\CCCCCCCCCCCCCCCCCCCCCCCCCCCCC(=O)OC(COC(=O)CCCCCCCCCCCCCCCCCCC/C=C\C/C=C\CCCCCCC)COP(=O)([O-])OCC[N+](C)(C)C. The summed E-state index contributed by atoms with van der Waals surface area (Å²) in [4.78, 5) is 38.2. The van der Waals surface area contributed by atoms with E-state index >= 15 is 0 Å². The molecule has 0 bridgehead atoms. The van der Waals surface area contributed by atoms with E-state index in [-0.39, 0.29) is 32.0 Å². The maximum atomic E-state index is 12.9. The van der Waals surface area contributed by atoms with Crippen molar-refractivity contribution in [2.75, 3.05) is 47.5 Å². The van der Waals surface area contributed by atoms with Gasteiger partial charge in [-0.05, 0) is 83.5 Å². The fourth-order valence-corrected chi connectivity index (χ4v) is 13.0. The van der Waals surface area contributed by atoms with Crippen LogP contribution in [0, 0.1) is 0 Å². The summed E-state index contributed by atoms with van der Waals surface area (Å²) in [6.07, 6.45) is 101. The van der Waals surface area contributed by atoms with E-state index < -0.39 is 26.5 Å². The van der Waals surface area contributed by atoms with E-state index in [1.807, 2.05) is 21.1 Å². The number of hydrogen-bond acceptors (Lipinski definition) is 8. The van der Waals surface area contributed by atoms with Gasteiger partial charge in [0.1, 0.15) is 19.8 Å². The smallest absolute Gasteiger partial charge is 0.306 e. The topological polar surface area (TPSA) is 111 Å². The van der Waals surface area contributed by atoms with E-state index in [2.05, 4.69) is 74.6 Å². The van der Waals surface area contributed by atoms with Crippen LogP contribution in [-0.4, -0.2) is 70.0 Å². The zero-order chi connectivity index (χ0) is 68.3. The first-order valence-corrected chi connectivity index (χ1v) is 42.5. The summed E-state index contributed by atoms with van der Waals surface area (Å²) >= 11 is 0. The van der Waals surface area contributed by atoms with Gasteiger partial charge in [0.2, 0.25) is 0 Å². The Morgan fingerprint density at radius 1 is 0.330 bits per heavy atom. The highest BCUT2D eigenvalue weighted by atomic mass is 31.2. The van der Waals surface area contributed by atoms with Crippen LogP contribution in [0.5, 0.6) is 0 Å². The van der Waals surface area contributed by atoms with Crippen LogP contribution < -0.4 is 4.89 Å². The molecule has 0 aliphatic carbocycles. The van der Waals surface area contributed by atoms with E-state index in [0.29, 0.717) is 17.4 Å². The zero-order valence-corrected chi connectivity index (χ0v) is 64.1. The van der Waals surface area contributed by atoms with Crippen LogP contribution in [0.1, 0.15) is 412 Å². The first-order valence-electron chi connectivity index (χ1n) is 41.0. The van der Waals surface area contributed by atoms with Gasteiger partial charge < -0.3 is 27.9 Å². The first kappa shape index (κ1) is 91.7. The Hall–Kier alpha value is -2.29. The minimum atomic E-state index is -4.64. The molecule has 0 spiro atoms. The lowest BCUT2D eigenvalue weighted by molar-refractivity contribution is -0.870. The molecule has 0 aromatic heterocycles. The van der Waals surface area contributed by atoms with Crippen molar-refractivity contribution in [1.29, 1.82) is 0 Å². The Morgan fingerprint density at radius 2 is 0.574 bits per heavy atom. The van der Waals surface area contributed by atoms with E-state index in [1.165, 1.54) is 327 Å². The fourth-order valence-electron chi connectivity index (χ4n) is 12.2. The highest BCUT2D eigenvalue weighted by molar-refractivity contribution is 7.45. The van der Waals surface area contributed by atoms with Crippen molar-refractivity contribution in [3.05, 3.63) is 60.8 Å². The van der Waals surface area contributed by atoms with Gasteiger partial charge in [0, 0.05) is 12.8 Å². The summed E-state index contributed by atoms with van der Waals surface area (Å²) in [5.74, 6) is -0.810. The molecule has 9 nitrogen and oxygen atoms in total. The molecule has 0 aromatic rings. The fraction of sp³-hybridized carbons (Fsp3) is 0.857. The van der Waals surface area contributed by atoms with Crippen molar-refractivity contribution >= 4 is 19.8 Å². The van der Waals surface area contributed by atoms with Crippen molar-refractivity contribution in [3.63, 3.8) is 0 Å². The molecular weight excluding hydrogens is 1180 g/mol. The molecule has 2 unspecified atom stereocenters. The lowest BCUT2D eigenvalue weighted by Gasteiger charge is -2.28. The molecular formula is C84H158NO8P. The predicted molar refractivity (Wildman–Crippen MR) is 407 cm³/mol. The normalized spacial score (nSPS) is 13.3. The van der Waals surface area contributed by atoms with Gasteiger partial charge in [-0.25, -0.2) is 0 Å². The van der Waals surface area contributed by atoms with Crippen LogP contribution in [0.15, 0.2) is 60.8 Å². The van der Waals surface area contributed by atoms with Gasteiger partial charge in [-0.3, -0.25) is 14.2 Å². The number of unbranched alkanes of at least 4 members (excludes halogenated alkanes) is 53. The molecule has 0 aliphatic rings. The molecule has 0 radical (unpaired) electrons. The Kier molecular flexibility index (Phi) is 73.1. The number of phosphoric ester groups is 1. The molecule has 0 aromatic carbocycles. The molecule has 0 N–H and O–H groups in total. The standard InChI is InChI=1S/C84H158NO8P/c1-6-8-10-12-14-16-18-20-22-24-26-28-30-32-34-36-37-38-39-40-41-42-43-44-45-46-47-49-51-53-55-57-59-61-63-65-67-69-71-73-75-77-84(87)93-82(81-92-94(88,89)91-79-78-85(3,4)5)80-90-83(86)76-74-72-70-68-66-64-62-60-58-56-54-52-50-48-35-33-31-29-27-25-23-21-19-17-15-13-11-9-7-2/h18-21,24-27,30,32,82H,6-17,22-23,28-29,31,33-81H2,1-5H3/b20-18-,21-19-,26-24-,27-25-,32-30-. The monoisotopic (exact) mass is 1340 g/mol. The first-order chi connectivity index (χ1) is 46.0. The second kappa shape index (κ2) is 74.9. The second-order valence-corrected chi connectivity index (χ2v) is 30.5. The van der Waals surface area contributed by atoms with Crippen LogP contribution in [0.3, 0.4) is 0 Å². The molecule has 0 amide bonds. The zero-order valence-electron chi connectivity index (χ0n) is 63.2. The average molecular weight is 1340 g/mol. The van der Waals surface area contributed by atoms with Crippen molar-refractivity contribution in [1.82, 2.24) is 0 Å². The number of carbonyl (C=O) groups excluding carboxylic acids is 2. The molecule has 0 aliphatic heterocycles. The quantitative estimate of drug-likeness (QED) is 0.0195. The number of nitrogens with zero attached hydrogens (tertiary/aromatic N) is 1. The molecule has 552 valence electrons. The van der Waals surface area contributed by atoms with Crippen molar-refractivity contribution in [2.24, 2.45) is 0 Å². The van der Waals surface area contributed by atoms with Crippen LogP contribution in [0.4, 0.5) is 0 Å². The second-order valence-electron chi connectivity index (χ2n) is 29.1. The predicted octanol–water partition coefficient (Wildman–Crippen LogP) is 26.7. The van der Waals surface area contributed by atoms with Gasteiger partial charge in [0.25, 0.3) is 7.82 Å². The number of carbonyl (C=O) groups is 2. The minimum absolute atomic E-state index is 0.0285. The van der Waals surface area contributed by atoms with Gasteiger partial charge in [-0.1, -0.05) is 376 Å². The summed E-state index contributed by atoms with van der Waals surface area (Å²) in [5.41, 5.74) is 0. The molecule has 2 atom stereocenters. The maximum absolute atomic E-state index is 12.9. The minimum Gasteiger partial charge on any atom is -0.756 e. The summed E-state index contributed by atoms with van der Waals surface area (Å²) in [6, 6.07) is 0. The van der Waals surface area contributed by atoms with E-state index in [9.17, 15) is 19.0 Å². The number of likely N-dealkylation sites (N-methyl/N-ethyl adjacent to an activating group) is 1. The van der Waals surface area contributed by atoms with Gasteiger partial charge in [0.15, 0.2) is 6.10 Å². The molecule has 0 fully saturated rings. The summed E-state index contributed by atoms with van der Waals surface area (Å²) in [7, 11) is 1.19. The summed E-state index contributed by atoms with van der Waals surface area (Å²) < 4.78 is 34.4. The van der Waals surface area contributed by atoms with Crippen LogP contribution in [0.2, 0.25) is 0 Å². The Bertz CT molecular complexity index is 1770. The molecule has 0 saturated heterocycles. The van der Waals surface area contributed by atoms with Crippen LogP contribution in [-0.2, 0) is 32.7 Å². The third-order valence-corrected chi connectivity index (χ3v) is 19.5. The third kappa shape index (κ3) is 78.7. The highest BCUT2D eigenvalue weighted by Gasteiger charge is 2.22. The van der Waals surface area contributed by atoms with Crippen molar-refractivity contribution < 1.29 is 42.1 Å². The lowest BCUT2D eigenvalue weighted by atomic mass is 10.0. The highest BCUT2D eigenvalue weighted by Crippen LogP contribution is 2.38. The average Bonchev–Trinajstić information content (AvgIpc) is 1.57. The van der Waals surface area contributed by atoms with Crippen molar-refractivity contribution in [3.8, 4) is 0 Å². The summed E-state index contributed by atoms with van der Waals surface area (Å²) in [5, 5.41) is 0. The van der Waals surface area contributed by atoms with Crippen molar-refractivity contribution in [2.45, 2.75) is 418 Å². The summed E-state index contributed by atoms with van der Waals surface area (Å²) in [6.45, 7) is 4.29. The van der Waals surface area contributed by atoms with Gasteiger partial charge in [-0.2, -0.15) is 0 Å². The number of rotatable bonds is 77. The van der Waals surface area contributed by atoms with E-state index in [4.69, 9.17) is 18.5 Å². The Morgan fingerprint density at radius 3 is 0.851 bits per heavy atom. The number of allylic oxidation sites excluding steroid dienone is 10. The van der Waals surface area contributed by atoms with Crippen LogP contribution in [0.25, 0.3) is 0 Å². The number of ether oxygens (including phenoxy) is 2. The Labute approximate surface area is 585 Å². The van der Waals surface area contributed by atoms with E-state index in [1.54, 1.807) is 0 Å². The number of esters is 2. The van der Waals surface area contributed by atoms with Gasteiger partial charge in [-0.15, -0.1) is 0 Å². The number of hydrogen-bond donors (Lipinski definition) is 0. The number of phosphoric acid groups is 1. The molecule has 0 heterocycles. The van der Waals surface area contributed by atoms with E-state index in [0.717, 1.165) is 51.4 Å². The molecule has 0 saturated carbocycles. The molecule has 94 heavy (non-hydrogen) atoms.